The van der Waals surface area contributed by atoms with Crippen LogP contribution in [-0.4, -0.2) is 68.5 Å². The number of nitrogens with zero attached hydrogens (tertiary/aromatic N) is 3. The second-order valence-electron chi connectivity index (χ2n) is 7.71. The molecule has 2 aromatic carbocycles. The maximum absolute atomic E-state index is 13.1. The summed E-state index contributed by atoms with van der Waals surface area (Å²) >= 11 is 1.02. The first-order valence-electron chi connectivity index (χ1n) is 10.3. The number of fused-ring (bicyclic) bond motifs is 1. The van der Waals surface area contributed by atoms with Gasteiger partial charge in [-0.1, -0.05) is 17.4 Å². The molecule has 1 saturated heterocycles. The molecule has 0 radical (unpaired) electrons. The summed E-state index contributed by atoms with van der Waals surface area (Å²) in [6.07, 6.45) is 0.191. The van der Waals surface area contributed by atoms with Crippen LogP contribution in [0.4, 0.5) is 0 Å². The number of carbonyl (C=O) groups is 1. The quantitative estimate of drug-likeness (QED) is 0.521. The van der Waals surface area contributed by atoms with Gasteiger partial charge in [0.15, 0.2) is 11.5 Å². The molecule has 33 heavy (non-hydrogen) atoms. The Labute approximate surface area is 195 Å². The molecule has 0 spiro atoms. The number of aromatic nitrogens is 1. The smallest absolute Gasteiger partial charge is 0.307 e. The van der Waals surface area contributed by atoms with Crippen molar-refractivity contribution in [3.05, 3.63) is 51.6 Å². The zero-order chi connectivity index (χ0) is 23.8. The zero-order valence-electron chi connectivity index (χ0n) is 18.6. The molecular weight excluding hydrogens is 466 g/mol. The van der Waals surface area contributed by atoms with E-state index in [9.17, 15) is 18.0 Å². The van der Waals surface area contributed by atoms with E-state index < -0.39 is 10.0 Å². The summed E-state index contributed by atoms with van der Waals surface area (Å²) < 4.78 is 40.3. The van der Waals surface area contributed by atoms with Crippen molar-refractivity contribution in [1.82, 2.24) is 13.8 Å². The molecule has 1 aliphatic rings. The molecule has 0 aliphatic carbocycles. The van der Waals surface area contributed by atoms with Crippen molar-refractivity contribution in [3.63, 3.8) is 0 Å². The van der Waals surface area contributed by atoms with Crippen molar-refractivity contribution in [2.45, 2.75) is 11.3 Å². The van der Waals surface area contributed by atoms with Crippen LogP contribution >= 0.6 is 11.3 Å². The van der Waals surface area contributed by atoms with Crippen LogP contribution < -0.4 is 14.3 Å². The Hall–Kier alpha value is -2.89. The van der Waals surface area contributed by atoms with E-state index in [0.717, 1.165) is 16.9 Å². The highest BCUT2D eigenvalue weighted by Crippen LogP contribution is 2.28. The van der Waals surface area contributed by atoms with Crippen LogP contribution in [0, 0.1) is 0 Å². The van der Waals surface area contributed by atoms with Crippen molar-refractivity contribution >= 4 is 37.5 Å². The molecular formula is C22H25N3O6S2. The summed E-state index contributed by atoms with van der Waals surface area (Å²) in [6.45, 7) is 1.05. The van der Waals surface area contributed by atoms with E-state index in [-0.39, 0.29) is 35.2 Å². The van der Waals surface area contributed by atoms with E-state index in [1.807, 2.05) is 6.07 Å². The van der Waals surface area contributed by atoms with Gasteiger partial charge in [0.25, 0.3) is 0 Å². The first-order valence-corrected chi connectivity index (χ1v) is 12.6. The number of aryl methyl sites for hydroxylation is 1. The number of amides is 1. The third-order valence-electron chi connectivity index (χ3n) is 5.80. The van der Waals surface area contributed by atoms with Crippen LogP contribution in [0.2, 0.25) is 0 Å². The lowest BCUT2D eigenvalue weighted by atomic mass is 10.1. The van der Waals surface area contributed by atoms with Crippen molar-refractivity contribution in [2.75, 3.05) is 40.4 Å². The second-order valence-corrected chi connectivity index (χ2v) is 10.6. The van der Waals surface area contributed by atoms with E-state index in [4.69, 9.17) is 9.47 Å². The third kappa shape index (κ3) is 4.48. The molecule has 0 bridgehead atoms. The van der Waals surface area contributed by atoms with E-state index in [1.54, 1.807) is 50.4 Å². The van der Waals surface area contributed by atoms with Crippen molar-refractivity contribution in [1.29, 1.82) is 0 Å². The van der Waals surface area contributed by atoms with Gasteiger partial charge in [0, 0.05) is 33.2 Å². The predicted octanol–water partition coefficient (Wildman–Crippen LogP) is 1.69. The van der Waals surface area contributed by atoms with Crippen molar-refractivity contribution in [2.24, 2.45) is 7.05 Å². The topological polar surface area (TPSA) is 98.2 Å². The minimum atomic E-state index is -3.72. The maximum atomic E-state index is 13.1. The summed E-state index contributed by atoms with van der Waals surface area (Å²) in [7, 11) is 1.03. The van der Waals surface area contributed by atoms with Crippen LogP contribution in [0.25, 0.3) is 10.2 Å². The van der Waals surface area contributed by atoms with Crippen LogP contribution in [0.15, 0.2) is 46.1 Å². The van der Waals surface area contributed by atoms with Gasteiger partial charge in [-0.2, -0.15) is 4.31 Å². The van der Waals surface area contributed by atoms with Crippen LogP contribution in [0.1, 0.15) is 5.56 Å². The minimum absolute atomic E-state index is 0.0743. The molecule has 0 unspecified atom stereocenters. The molecule has 4 rings (SSSR count). The van der Waals surface area contributed by atoms with E-state index in [2.05, 4.69) is 0 Å². The lowest BCUT2D eigenvalue weighted by Crippen LogP contribution is -2.50. The molecule has 9 nitrogen and oxygen atoms in total. The molecule has 176 valence electrons. The fourth-order valence-electron chi connectivity index (χ4n) is 3.88. The van der Waals surface area contributed by atoms with Crippen LogP contribution in [-0.2, 0) is 28.3 Å². The third-order valence-corrected chi connectivity index (χ3v) is 8.69. The second kappa shape index (κ2) is 9.16. The Kier molecular flexibility index (Phi) is 6.46. The number of rotatable bonds is 6. The Morgan fingerprint density at radius 2 is 1.70 bits per heavy atom. The van der Waals surface area contributed by atoms with Gasteiger partial charge in [-0.3, -0.25) is 9.59 Å². The molecule has 11 heteroatoms. The Morgan fingerprint density at radius 1 is 1.00 bits per heavy atom. The number of benzene rings is 2. The standard InChI is InChI=1S/C22H25N3O6S2/c1-23-17-6-5-16(14-20(17)32-22(23)27)33(28,29)25-10-8-24(9-11-25)21(26)13-15-4-7-18(30-2)19(12-15)31-3/h4-7,12,14H,8-11,13H2,1-3H3. The highest BCUT2D eigenvalue weighted by molar-refractivity contribution is 7.89. The molecule has 0 saturated carbocycles. The van der Waals surface area contributed by atoms with Gasteiger partial charge in [0.2, 0.25) is 15.9 Å². The minimum Gasteiger partial charge on any atom is -0.493 e. The summed E-state index contributed by atoms with van der Waals surface area (Å²) in [6, 6.07) is 10.1. The van der Waals surface area contributed by atoms with Gasteiger partial charge in [-0.15, -0.1) is 0 Å². The average Bonchev–Trinajstić information content (AvgIpc) is 3.11. The first-order chi connectivity index (χ1) is 15.7. The summed E-state index contributed by atoms with van der Waals surface area (Å²) in [5, 5.41) is 0. The Bertz CT molecular complexity index is 1350. The Balaban J connectivity index is 1.42. The fraction of sp³-hybridized carbons (Fsp3) is 0.364. The van der Waals surface area contributed by atoms with Gasteiger partial charge in [0.05, 0.1) is 35.8 Å². The molecule has 0 N–H and O–H groups in total. The average molecular weight is 492 g/mol. The van der Waals surface area contributed by atoms with E-state index >= 15 is 0 Å². The summed E-state index contributed by atoms with van der Waals surface area (Å²) in [5.74, 6) is 1.07. The molecule has 0 atom stereocenters. The number of ether oxygens (including phenoxy) is 2. The lowest BCUT2D eigenvalue weighted by Gasteiger charge is -2.34. The highest BCUT2D eigenvalue weighted by Gasteiger charge is 2.30. The van der Waals surface area contributed by atoms with Gasteiger partial charge < -0.3 is 18.9 Å². The normalized spacial score (nSPS) is 15.1. The van der Waals surface area contributed by atoms with Crippen molar-refractivity contribution < 1.29 is 22.7 Å². The van der Waals surface area contributed by atoms with Crippen LogP contribution in [0.5, 0.6) is 11.5 Å². The Morgan fingerprint density at radius 3 is 2.36 bits per heavy atom. The highest BCUT2D eigenvalue weighted by atomic mass is 32.2. The number of thiazole rings is 1. The van der Waals surface area contributed by atoms with Gasteiger partial charge in [0.1, 0.15) is 0 Å². The van der Waals surface area contributed by atoms with Crippen LogP contribution in [0.3, 0.4) is 0 Å². The fourth-order valence-corrected chi connectivity index (χ4v) is 6.32. The van der Waals surface area contributed by atoms with E-state index in [0.29, 0.717) is 34.8 Å². The number of hydrogen-bond acceptors (Lipinski definition) is 7. The lowest BCUT2D eigenvalue weighted by molar-refractivity contribution is -0.131. The molecule has 1 amide bonds. The molecule has 1 aromatic heterocycles. The first kappa shape index (κ1) is 23.3. The van der Waals surface area contributed by atoms with Gasteiger partial charge in [-0.25, -0.2) is 8.42 Å². The molecule has 1 fully saturated rings. The molecule has 1 aliphatic heterocycles. The number of hydrogen-bond donors (Lipinski definition) is 0. The summed E-state index contributed by atoms with van der Waals surface area (Å²) in [4.78, 5) is 26.3. The summed E-state index contributed by atoms with van der Waals surface area (Å²) in [5.41, 5.74) is 1.50. The molecule has 3 aromatic rings. The predicted molar refractivity (Wildman–Crippen MR) is 126 cm³/mol. The number of carbonyl (C=O) groups excluding carboxylic acids is 1. The van der Waals surface area contributed by atoms with Crippen molar-refractivity contribution in [3.8, 4) is 11.5 Å². The maximum Gasteiger partial charge on any atom is 0.307 e. The van der Waals surface area contributed by atoms with Gasteiger partial charge in [-0.05, 0) is 35.9 Å². The zero-order valence-corrected chi connectivity index (χ0v) is 20.2. The SMILES string of the molecule is COc1ccc(CC(=O)N2CCN(S(=O)(=O)c3ccc4c(c3)sc(=O)n4C)CC2)cc1OC. The molecule has 2 heterocycles. The number of sulfonamides is 1. The largest absolute Gasteiger partial charge is 0.493 e. The van der Waals surface area contributed by atoms with E-state index in [1.165, 1.54) is 14.9 Å². The van der Waals surface area contributed by atoms with Gasteiger partial charge >= 0.3 is 4.87 Å². The number of methoxy groups -OCH3 is 2. The monoisotopic (exact) mass is 491 g/mol. The number of piperazine rings is 1.